The van der Waals surface area contributed by atoms with Gasteiger partial charge in [0.2, 0.25) is 5.91 Å². The van der Waals surface area contributed by atoms with E-state index in [1.165, 1.54) is 11.8 Å². The van der Waals surface area contributed by atoms with Crippen molar-refractivity contribution in [2.75, 3.05) is 5.32 Å². The summed E-state index contributed by atoms with van der Waals surface area (Å²) in [4.78, 5) is 48.2. The molecule has 0 aliphatic carbocycles. The van der Waals surface area contributed by atoms with Crippen LogP contribution in [-0.2, 0) is 4.79 Å². The summed E-state index contributed by atoms with van der Waals surface area (Å²) in [7, 11) is 0. The van der Waals surface area contributed by atoms with Crippen LogP contribution in [0.5, 0.6) is 0 Å². The van der Waals surface area contributed by atoms with Gasteiger partial charge in [0.25, 0.3) is 5.56 Å². The number of amides is 1. The van der Waals surface area contributed by atoms with Gasteiger partial charge in [0.1, 0.15) is 0 Å². The number of benzene rings is 3. The summed E-state index contributed by atoms with van der Waals surface area (Å²) in [5, 5.41) is 3.29. The molecule has 0 radical (unpaired) electrons. The van der Waals surface area contributed by atoms with Crippen LogP contribution in [-0.4, -0.2) is 30.7 Å². The molecule has 0 saturated heterocycles. The third kappa shape index (κ3) is 4.38. The molecule has 35 heavy (non-hydrogen) atoms. The molecular weight excluding hydrogens is 462 g/mol. The number of H-pyrrole nitrogens is 2. The Morgan fingerprint density at radius 2 is 1.77 bits per heavy atom. The molecule has 0 aliphatic heterocycles. The van der Waals surface area contributed by atoms with E-state index in [0.29, 0.717) is 32.8 Å². The standard InChI is InChI=1S/C26H23N5O3S/c1-14-8-9-15(2)22(12-14)31-24(33)18-6-4-5-7-19(18)30-26(31)35-16(3)23(32)27-17-10-11-20-21(13-17)29-25(34)28-20/h4-13,16H,1-3H3,(H,27,32)(H2,28,29,34). The molecule has 2 aromatic heterocycles. The lowest BCUT2D eigenvalue weighted by Crippen LogP contribution is -2.26. The van der Waals surface area contributed by atoms with Crippen LogP contribution >= 0.6 is 11.8 Å². The maximum absolute atomic E-state index is 13.6. The van der Waals surface area contributed by atoms with Crippen LogP contribution < -0.4 is 16.6 Å². The zero-order valence-corrected chi connectivity index (χ0v) is 20.2. The number of para-hydroxylation sites is 1. The lowest BCUT2D eigenvalue weighted by molar-refractivity contribution is -0.115. The van der Waals surface area contributed by atoms with Crippen molar-refractivity contribution >= 4 is 45.3 Å². The Morgan fingerprint density at radius 1 is 1.00 bits per heavy atom. The van der Waals surface area contributed by atoms with E-state index >= 15 is 0 Å². The Labute approximate surface area is 204 Å². The molecule has 9 heteroatoms. The third-order valence-corrected chi connectivity index (χ3v) is 6.84. The van der Waals surface area contributed by atoms with E-state index in [-0.39, 0.29) is 17.2 Å². The van der Waals surface area contributed by atoms with Crippen molar-refractivity contribution in [2.45, 2.75) is 31.2 Å². The number of nitrogens with one attached hydrogen (secondary N) is 3. The molecule has 0 fully saturated rings. The Hall–Kier alpha value is -4.11. The van der Waals surface area contributed by atoms with Gasteiger partial charge >= 0.3 is 5.69 Å². The third-order valence-electron chi connectivity index (χ3n) is 5.79. The fourth-order valence-electron chi connectivity index (χ4n) is 3.93. The Bertz CT molecular complexity index is 1720. The number of imidazole rings is 1. The molecule has 1 unspecified atom stereocenters. The molecule has 5 rings (SSSR count). The van der Waals surface area contributed by atoms with Crippen molar-refractivity contribution in [3.8, 4) is 5.69 Å². The molecule has 3 aromatic carbocycles. The van der Waals surface area contributed by atoms with Crippen molar-refractivity contribution in [2.24, 2.45) is 0 Å². The number of hydrogen-bond donors (Lipinski definition) is 3. The molecule has 176 valence electrons. The first-order valence-electron chi connectivity index (χ1n) is 11.1. The summed E-state index contributed by atoms with van der Waals surface area (Å²) < 4.78 is 1.59. The number of aromatic nitrogens is 4. The normalized spacial score (nSPS) is 12.2. The first-order valence-corrected chi connectivity index (χ1v) is 12.0. The van der Waals surface area contributed by atoms with Gasteiger partial charge in [-0.2, -0.15) is 0 Å². The molecular formula is C26H23N5O3S. The van der Waals surface area contributed by atoms with Gasteiger partial charge < -0.3 is 15.3 Å². The second-order valence-electron chi connectivity index (χ2n) is 8.43. The summed E-state index contributed by atoms with van der Waals surface area (Å²) in [5.74, 6) is -0.248. The SMILES string of the molecule is Cc1ccc(C)c(-n2c(SC(C)C(=O)Nc3ccc4[nH]c(=O)[nH]c4c3)nc3ccccc3c2=O)c1. The number of carbonyl (C=O) groups excluding carboxylic acids is 1. The maximum Gasteiger partial charge on any atom is 0.323 e. The van der Waals surface area contributed by atoms with Gasteiger partial charge in [-0.3, -0.25) is 14.2 Å². The van der Waals surface area contributed by atoms with E-state index in [9.17, 15) is 14.4 Å². The van der Waals surface area contributed by atoms with Gasteiger partial charge in [0.15, 0.2) is 5.16 Å². The fraction of sp³-hybridized carbons (Fsp3) is 0.154. The first-order chi connectivity index (χ1) is 16.8. The quantitative estimate of drug-likeness (QED) is 0.254. The summed E-state index contributed by atoms with van der Waals surface area (Å²) in [5.41, 5.74) is 4.61. The maximum atomic E-state index is 13.6. The number of aryl methyl sites for hydroxylation is 2. The Morgan fingerprint density at radius 3 is 2.60 bits per heavy atom. The van der Waals surface area contributed by atoms with Crippen molar-refractivity contribution < 1.29 is 4.79 Å². The zero-order valence-electron chi connectivity index (χ0n) is 19.4. The number of rotatable bonds is 5. The summed E-state index contributed by atoms with van der Waals surface area (Å²) >= 11 is 1.22. The average Bonchev–Trinajstić information content (AvgIpc) is 3.20. The van der Waals surface area contributed by atoms with Crippen LogP contribution in [0.4, 0.5) is 5.69 Å². The predicted octanol–water partition coefficient (Wildman–Crippen LogP) is 4.29. The van der Waals surface area contributed by atoms with Gasteiger partial charge in [-0.15, -0.1) is 0 Å². The van der Waals surface area contributed by atoms with Gasteiger partial charge in [0.05, 0.1) is 32.9 Å². The number of fused-ring (bicyclic) bond motifs is 2. The van der Waals surface area contributed by atoms with Crippen LogP contribution in [0.25, 0.3) is 27.6 Å². The monoisotopic (exact) mass is 485 g/mol. The van der Waals surface area contributed by atoms with Crippen molar-refractivity contribution in [1.29, 1.82) is 0 Å². The molecule has 2 heterocycles. The van der Waals surface area contributed by atoms with E-state index in [1.54, 1.807) is 41.8 Å². The molecule has 0 aliphatic rings. The number of carbonyl (C=O) groups is 1. The summed E-state index contributed by atoms with van der Waals surface area (Å²) in [6, 6.07) is 18.3. The molecule has 0 spiro atoms. The molecule has 8 nitrogen and oxygen atoms in total. The van der Waals surface area contributed by atoms with Crippen LogP contribution in [0.3, 0.4) is 0 Å². The second kappa shape index (κ2) is 8.92. The second-order valence-corrected chi connectivity index (χ2v) is 9.74. The van der Waals surface area contributed by atoms with Gasteiger partial charge in [-0.1, -0.05) is 36.0 Å². The summed E-state index contributed by atoms with van der Waals surface area (Å²) in [6.45, 7) is 5.69. The number of nitrogens with zero attached hydrogens (tertiary/aromatic N) is 2. The van der Waals surface area contributed by atoms with E-state index in [1.807, 2.05) is 44.2 Å². The zero-order chi connectivity index (χ0) is 24.7. The molecule has 0 saturated carbocycles. The predicted molar refractivity (Wildman–Crippen MR) is 140 cm³/mol. The van der Waals surface area contributed by atoms with Gasteiger partial charge in [-0.25, -0.2) is 9.78 Å². The van der Waals surface area contributed by atoms with Crippen LogP contribution in [0.1, 0.15) is 18.1 Å². The average molecular weight is 486 g/mol. The number of hydrogen-bond acceptors (Lipinski definition) is 5. The van der Waals surface area contributed by atoms with Gasteiger partial charge in [-0.05, 0) is 68.3 Å². The summed E-state index contributed by atoms with van der Waals surface area (Å²) in [6.07, 6.45) is 0. The Balaban J connectivity index is 1.51. The number of anilines is 1. The smallest absolute Gasteiger partial charge is 0.323 e. The minimum Gasteiger partial charge on any atom is -0.325 e. The number of aromatic amines is 2. The van der Waals surface area contributed by atoms with Crippen LogP contribution in [0.2, 0.25) is 0 Å². The fourth-order valence-corrected chi connectivity index (χ4v) is 4.85. The van der Waals surface area contributed by atoms with E-state index < -0.39 is 5.25 Å². The van der Waals surface area contributed by atoms with E-state index in [2.05, 4.69) is 15.3 Å². The van der Waals surface area contributed by atoms with E-state index in [4.69, 9.17) is 4.98 Å². The van der Waals surface area contributed by atoms with E-state index in [0.717, 1.165) is 16.8 Å². The van der Waals surface area contributed by atoms with Gasteiger partial charge in [0, 0.05) is 5.69 Å². The van der Waals surface area contributed by atoms with Crippen LogP contribution in [0.15, 0.2) is 75.4 Å². The van der Waals surface area contributed by atoms with Crippen molar-refractivity contribution in [3.63, 3.8) is 0 Å². The topological polar surface area (TPSA) is 113 Å². The highest BCUT2D eigenvalue weighted by atomic mass is 32.2. The molecule has 0 bridgehead atoms. The number of thioether (sulfide) groups is 1. The van der Waals surface area contributed by atoms with Crippen molar-refractivity contribution in [1.82, 2.24) is 19.5 Å². The lowest BCUT2D eigenvalue weighted by Gasteiger charge is -2.18. The highest BCUT2D eigenvalue weighted by Crippen LogP contribution is 2.27. The molecule has 1 amide bonds. The van der Waals surface area contributed by atoms with Crippen LogP contribution in [0, 0.1) is 13.8 Å². The lowest BCUT2D eigenvalue weighted by atomic mass is 10.1. The molecule has 3 N–H and O–H groups in total. The Kier molecular flexibility index (Phi) is 5.78. The van der Waals surface area contributed by atoms with Crippen molar-refractivity contribution in [3.05, 3.63) is 92.6 Å². The minimum absolute atomic E-state index is 0.179. The highest BCUT2D eigenvalue weighted by Gasteiger charge is 2.21. The molecule has 5 aromatic rings. The highest BCUT2D eigenvalue weighted by molar-refractivity contribution is 8.00. The molecule has 1 atom stereocenters. The first kappa shape index (κ1) is 22.7. The largest absolute Gasteiger partial charge is 0.325 e. The minimum atomic E-state index is -0.555.